The third-order valence-electron chi connectivity index (χ3n) is 3.66. The summed E-state index contributed by atoms with van der Waals surface area (Å²) in [6, 6.07) is 2.74. The highest BCUT2D eigenvalue weighted by atomic mass is 32.2. The molecule has 0 bridgehead atoms. The molecule has 0 heterocycles. The van der Waals surface area contributed by atoms with E-state index in [2.05, 4.69) is 9.82 Å². The van der Waals surface area contributed by atoms with Gasteiger partial charge in [0.2, 0.25) is 0 Å². The minimum Gasteiger partial charge on any atom is -0.598 e. The summed E-state index contributed by atoms with van der Waals surface area (Å²) in [6.07, 6.45) is -6.17. The quantitative estimate of drug-likeness (QED) is 0.307. The number of benzene rings is 1. The molecule has 0 radical (unpaired) electrons. The average molecular weight is 431 g/mol. The Hall–Kier alpha value is -1.46. The molecular weight excluding hydrogens is 408 g/mol. The Morgan fingerprint density at radius 3 is 2.18 bits per heavy atom. The number of hydrogen-bond acceptors (Lipinski definition) is 4. The zero-order valence-corrected chi connectivity index (χ0v) is 16.9. The largest absolute Gasteiger partial charge is 0.598 e. The van der Waals surface area contributed by atoms with Gasteiger partial charge in [0, 0.05) is 37.4 Å². The standard InChI is InChI=1S/C17H23F6N3OS/c1-15(2,3)28(27)25-16(10-18,11-7-6-8-12(19)14(11)20)9-13(17(21,22)23)24-26(4)5/h6-8,25H,9-10H2,1-5H3/b24-13+. The van der Waals surface area contributed by atoms with Crippen LogP contribution in [0.3, 0.4) is 0 Å². The van der Waals surface area contributed by atoms with E-state index in [1.54, 1.807) is 0 Å². The lowest BCUT2D eigenvalue weighted by Crippen LogP contribution is -2.55. The van der Waals surface area contributed by atoms with Crippen LogP contribution in [0.25, 0.3) is 0 Å². The maximum absolute atomic E-state index is 14.4. The van der Waals surface area contributed by atoms with Crippen LogP contribution < -0.4 is 4.72 Å². The second kappa shape index (κ2) is 8.91. The zero-order valence-electron chi connectivity index (χ0n) is 16.1. The van der Waals surface area contributed by atoms with Crippen molar-refractivity contribution in [3.63, 3.8) is 0 Å². The lowest BCUT2D eigenvalue weighted by atomic mass is 9.86. The van der Waals surface area contributed by atoms with Crippen LogP contribution in [0.4, 0.5) is 26.3 Å². The maximum Gasteiger partial charge on any atom is 0.431 e. The van der Waals surface area contributed by atoms with Crippen molar-refractivity contribution >= 4 is 17.1 Å². The minimum atomic E-state index is -4.97. The summed E-state index contributed by atoms with van der Waals surface area (Å²) >= 11 is -2.09. The predicted octanol–water partition coefficient (Wildman–Crippen LogP) is 4.05. The maximum atomic E-state index is 14.4. The van der Waals surface area contributed by atoms with Crippen molar-refractivity contribution in [3.8, 4) is 0 Å². The molecule has 0 saturated heterocycles. The number of nitrogens with zero attached hydrogens (tertiary/aromatic N) is 2. The predicted molar refractivity (Wildman–Crippen MR) is 96.8 cm³/mol. The molecule has 0 saturated carbocycles. The van der Waals surface area contributed by atoms with Gasteiger partial charge in [0.05, 0.1) is 0 Å². The van der Waals surface area contributed by atoms with Crippen LogP contribution in [-0.4, -0.2) is 47.0 Å². The van der Waals surface area contributed by atoms with E-state index in [0.29, 0.717) is 0 Å². The number of nitrogens with one attached hydrogen (secondary N) is 1. The molecule has 0 aliphatic carbocycles. The number of halogens is 6. The average Bonchev–Trinajstić information content (AvgIpc) is 2.53. The fourth-order valence-corrected chi connectivity index (χ4v) is 3.15. The van der Waals surface area contributed by atoms with Crippen molar-refractivity contribution in [2.45, 2.75) is 43.7 Å². The SMILES string of the molecule is CN(C)/N=C(\CC(CF)(N[S+]([O-])C(C)(C)C)c1cccc(F)c1F)C(F)(F)F. The van der Waals surface area contributed by atoms with E-state index in [0.717, 1.165) is 23.2 Å². The van der Waals surface area contributed by atoms with Gasteiger partial charge in [0.15, 0.2) is 11.6 Å². The fourth-order valence-electron chi connectivity index (χ4n) is 2.26. The molecule has 0 spiro atoms. The van der Waals surface area contributed by atoms with Crippen molar-refractivity contribution in [1.82, 2.24) is 9.73 Å². The summed E-state index contributed by atoms with van der Waals surface area (Å²) in [7, 11) is 2.46. The molecule has 1 N–H and O–H groups in total. The Labute approximate surface area is 163 Å². The molecule has 0 amide bonds. The molecule has 11 heteroatoms. The Bertz CT molecular complexity index is 705. The van der Waals surface area contributed by atoms with Gasteiger partial charge in [0.1, 0.15) is 22.7 Å². The zero-order chi connectivity index (χ0) is 21.9. The minimum absolute atomic E-state index is 0.705. The highest BCUT2D eigenvalue weighted by molar-refractivity contribution is 7.90. The van der Waals surface area contributed by atoms with Crippen LogP contribution in [0.1, 0.15) is 32.8 Å². The van der Waals surface area contributed by atoms with Crippen molar-refractivity contribution < 1.29 is 30.9 Å². The van der Waals surface area contributed by atoms with Crippen LogP contribution >= 0.6 is 0 Å². The Morgan fingerprint density at radius 2 is 1.75 bits per heavy atom. The number of rotatable bonds is 7. The molecule has 2 unspecified atom stereocenters. The normalized spacial score (nSPS) is 16.6. The second-order valence-corrected chi connectivity index (χ2v) is 9.34. The van der Waals surface area contributed by atoms with Crippen molar-refractivity contribution in [2.24, 2.45) is 5.10 Å². The van der Waals surface area contributed by atoms with Gasteiger partial charge in [0.25, 0.3) is 0 Å². The molecule has 28 heavy (non-hydrogen) atoms. The lowest BCUT2D eigenvalue weighted by Gasteiger charge is -2.36. The smallest absolute Gasteiger partial charge is 0.431 e. The molecule has 4 nitrogen and oxygen atoms in total. The van der Waals surface area contributed by atoms with Crippen molar-refractivity contribution in [1.29, 1.82) is 0 Å². The van der Waals surface area contributed by atoms with Crippen LogP contribution in [0.15, 0.2) is 23.3 Å². The number of hydrogen-bond donors (Lipinski definition) is 1. The van der Waals surface area contributed by atoms with Crippen LogP contribution in [0.5, 0.6) is 0 Å². The highest BCUT2D eigenvalue weighted by Crippen LogP contribution is 2.35. The molecule has 2 atom stereocenters. The van der Waals surface area contributed by atoms with Gasteiger partial charge in [-0.05, 0) is 26.8 Å². The lowest BCUT2D eigenvalue weighted by molar-refractivity contribution is -0.0631. The van der Waals surface area contributed by atoms with E-state index in [9.17, 15) is 30.9 Å². The summed E-state index contributed by atoms with van der Waals surface area (Å²) in [5, 5.41) is 4.19. The Balaban J connectivity index is 3.64. The third-order valence-corrected chi connectivity index (χ3v) is 5.35. The van der Waals surface area contributed by atoms with Crippen LogP contribution in [-0.2, 0) is 16.9 Å². The van der Waals surface area contributed by atoms with Gasteiger partial charge >= 0.3 is 6.18 Å². The molecule has 0 aliphatic rings. The first-order valence-electron chi connectivity index (χ1n) is 8.16. The van der Waals surface area contributed by atoms with E-state index in [1.807, 2.05) is 0 Å². The fraction of sp³-hybridized carbons (Fsp3) is 0.588. The summed E-state index contributed by atoms with van der Waals surface area (Å²) in [6.45, 7) is 2.91. The first-order chi connectivity index (χ1) is 12.6. The van der Waals surface area contributed by atoms with E-state index in [4.69, 9.17) is 0 Å². The molecule has 0 fully saturated rings. The summed E-state index contributed by atoms with van der Waals surface area (Å²) in [4.78, 5) is 0. The summed E-state index contributed by atoms with van der Waals surface area (Å²) in [5.74, 6) is -2.89. The van der Waals surface area contributed by atoms with Gasteiger partial charge in [-0.3, -0.25) is 0 Å². The molecule has 1 aromatic carbocycles. The summed E-state index contributed by atoms with van der Waals surface area (Å²) < 4.78 is 96.6. The highest BCUT2D eigenvalue weighted by Gasteiger charge is 2.49. The third kappa shape index (κ3) is 6.02. The molecule has 160 valence electrons. The van der Waals surface area contributed by atoms with Crippen molar-refractivity contribution in [3.05, 3.63) is 35.4 Å². The second-order valence-electron chi connectivity index (χ2n) is 7.37. The van der Waals surface area contributed by atoms with E-state index < -0.39 is 63.8 Å². The van der Waals surface area contributed by atoms with Gasteiger partial charge in [-0.1, -0.05) is 12.1 Å². The number of hydrazone groups is 1. The van der Waals surface area contributed by atoms with Gasteiger partial charge < -0.3 is 9.56 Å². The Morgan fingerprint density at radius 1 is 1.18 bits per heavy atom. The molecular formula is C17H23F6N3OS. The Kier molecular flexibility index (Phi) is 7.82. The monoisotopic (exact) mass is 431 g/mol. The van der Waals surface area contributed by atoms with Crippen molar-refractivity contribution in [2.75, 3.05) is 20.8 Å². The summed E-state index contributed by atoms with van der Waals surface area (Å²) in [5.41, 5.74) is -4.59. The van der Waals surface area contributed by atoms with Gasteiger partial charge in [-0.15, -0.1) is 4.72 Å². The van der Waals surface area contributed by atoms with Crippen LogP contribution in [0.2, 0.25) is 0 Å². The topological polar surface area (TPSA) is 50.7 Å². The molecule has 1 rings (SSSR count). The number of alkyl halides is 4. The van der Waals surface area contributed by atoms with Crippen LogP contribution in [0, 0.1) is 11.6 Å². The molecule has 0 aromatic heterocycles. The van der Waals surface area contributed by atoms with Gasteiger partial charge in [-0.25, -0.2) is 13.2 Å². The van der Waals surface area contributed by atoms with E-state index in [1.165, 1.54) is 34.9 Å². The van der Waals surface area contributed by atoms with E-state index >= 15 is 0 Å². The molecule has 0 aliphatic heterocycles. The molecule has 1 aromatic rings. The van der Waals surface area contributed by atoms with Gasteiger partial charge in [-0.2, -0.15) is 18.3 Å². The first-order valence-corrected chi connectivity index (χ1v) is 9.31. The first kappa shape index (κ1) is 24.6. The van der Waals surface area contributed by atoms with E-state index in [-0.39, 0.29) is 0 Å².